The number of ether oxygens (including phenoxy) is 1. The fraction of sp³-hybridized carbons (Fsp3) is 0.500. The van der Waals surface area contributed by atoms with Crippen LogP contribution in [0.5, 0.6) is 0 Å². The standard InChI is InChI=1S/C10H13ClO2/c1-7(10(12)13-2)8-5-3-4-6-9(8)11/h3-4,6-8H,5H2,1-2H3. The van der Waals surface area contributed by atoms with Crippen LogP contribution < -0.4 is 0 Å². The maximum Gasteiger partial charge on any atom is 0.309 e. The number of rotatable bonds is 2. The van der Waals surface area contributed by atoms with E-state index in [9.17, 15) is 4.79 Å². The lowest BCUT2D eigenvalue weighted by molar-refractivity contribution is -0.146. The van der Waals surface area contributed by atoms with Crippen LogP contribution >= 0.6 is 11.6 Å². The highest BCUT2D eigenvalue weighted by Crippen LogP contribution is 2.30. The van der Waals surface area contributed by atoms with Gasteiger partial charge in [0.15, 0.2) is 0 Å². The van der Waals surface area contributed by atoms with Crippen molar-refractivity contribution in [2.75, 3.05) is 7.11 Å². The number of esters is 1. The molecule has 0 spiro atoms. The largest absolute Gasteiger partial charge is 0.469 e. The van der Waals surface area contributed by atoms with Crippen LogP contribution in [0.2, 0.25) is 0 Å². The Labute approximate surface area is 83.2 Å². The van der Waals surface area contributed by atoms with Gasteiger partial charge in [-0.25, -0.2) is 0 Å². The van der Waals surface area contributed by atoms with Gasteiger partial charge in [-0.3, -0.25) is 4.79 Å². The molecule has 72 valence electrons. The first-order valence-electron chi connectivity index (χ1n) is 4.27. The zero-order valence-electron chi connectivity index (χ0n) is 7.79. The molecule has 0 N–H and O–H groups in total. The van der Waals surface area contributed by atoms with E-state index in [0.717, 1.165) is 11.5 Å². The van der Waals surface area contributed by atoms with E-state index in [1.807, 2.05) is 25.2 Å². The minimum absolute atomic E-state index is 0.0825. The highest BCUT2D eigenvalue weighted by Gasteiger charge is 2.26. The summed E-state index contributed by atoms with van der Waals surface area (Å²) in [5, 5.41) is 0.736. The molecule has 2 unspecified atom stereocenters. The normalized spacial score (nSPS) is 23.6. The number of carbonyl (C=O) groups is 1. The van der Waals surface area contributed by atoms with Crippen molar-refractivity contribution in [1.82, 2.24) is 0 Å². The molecule has 0 aromatic carbocycles. The highest BCUT2D eigenvalue weighted by atomic mass is 35.5. The smallest absolute Gasteiger partial charge is 0.309 e. The van der Waals surface area contributed by atoms with E-state index in [1.54, 1.807) is 0 Å². The molecule has 0 fully saturated rings. The van der Waals surface area contributed by atoms with E-state index in [2.05, 4.69) is 4.74 Å². The molecule has 0 radical (unpaired) electrons. The van der Waals surface area contributed by atoms with Gasteiger partial charge in [0.25, 0.3) is 0 Å². The van der Waals surface area contributed by atoms with Gasteiger partial charge in [-0.2, -0.15) is 0 Å². The lowest BCUT2D eigenvalue weighted by Gasteiger charge is -2.21. The molecule has 1 aliphatic rings. The van der Waals surface area contributed by atoms with Crippen molar-refractivity contribution in [3.05, 3.63) is 23.3 Å². The molecule has 2 atom stereocenters. The molecular weight excluding hydrogens is 188 g/mol. The quantitative estimate of drug-likeness (QED) is 0.641. The Balaban J connectivity index is 2.67. The third-order valence-corrected chi connectivity index (χ3v) is 2.72. The summed E-state index contributed by atoms with van der Waals surface area (Å²) in [6.45, 7) is 1.84. The van der Waals surface area contributed by atoms with Gasteiger partial charge >= 0.3 is 5.97 Å². The van der Waals surface area contributed by atoms with Crippen molar-refractivity contribution in [3.63, 3.8) is 0 Å². The van der Waals surface area contributed by atoms with Crippen LogP contribution in [0.4, 0.5) is 0 Å². The third-order valence-electron chi connectivity index (χ3n) is 2.31. The van der Waals surface area contributed by atoms with Crippen molar-refractivity contribution in [2.45, 2.75) is 13.3 Å². The average Bonchev–Trinajstić information content (AvgIpc) is 2.16. The molecule has 2 nitrogen and oxygen atoms in total. The minimum atomic E-state index is -0.202. The maximum absolute atomic E-state index is 11.2. The summed E-state index contributed by atoms with van der Waals surface area (Å²) >= 11 is 5.98. The molecule has 1 rings (SSSR count). The molecule has 0 saturated heterocycles. The van der Waals surface area contributed by atoms with E-state index in [-0.39, 0.29) is 17.8 Å². The summed E-state index contributed by atoms with van der Waals surface area (Å²) in [7, 11) is 1.40. The van der Waals surface area contributed by atoms with Crippen LogP contribution in [0.1, 0.15) is 13.3 Å². The molecule has 0 heterocycles. The Hall–Kier alpha value is -0.760. The minimum Gasteiger partial charge on any atom is -0.469 e. The zero-order valence-corrected chi connectivity index (χ0v) is 8.54. The first-order chi connectivity index (χ1) is 6.16. The monoisotopic (exact) mass is 200 g/mol. The molecule has 0 saturated carbocycles. The molecule has 0 amide bonds. The van der Waals surface area contributed by atoms with Gasteiger partial charge in [-0.05, 0) is 12.5 Å². The van der Waals surface area contributed by atoms with Gasteiger partial charge in [-0.15, -0.1) is 0 Å². The van der Waals surface area contributed by atoms with Crippen LogP contribution in [0.15, 0.2) is 23.3 Å². The summed E-state index contributed by atoms with van der Waals surface area (Å²) in [6.07, 6.45) is 6.56. The Morgan fingerprint density at radius 2 is 2.46 bits per heavy atom. The van der Waals surface area contributed by atoms with Gasteiger partial charge in [0.05, 0.1) is 13.0 Å². The van der Waals surface area contributed by atoms with Gasteiger partial charge in [0, 0.05) is 11.0 Å². The number of allylic oxidation sites excluding steroid dienone is 4. The Bertz CT molecular complexity index is 256. The first-order valence-corrected chi connectivity index (χ1v) is 4.64. The number of hydrogen-bond donors (Lipinski definition) is 0. The zero-order chi connectivity index (χ0) is 9.84. The van der Waals surface area contributed by atoms with Crippen molar-refractivity contribution >= 4 is 17.6 Å². The summed E-state index contributed by atoms with van der Waals surface area (Å²) in [4.78, 5) is 11.2. The van der Waals surface area contributed by atoms with Crippen LogP contribution in [0, 0.1) is 11.8 Å². The molecule has 1 aliphatic carbocycles. The Morgan fingerprint density at radius 1 is 1.77 bits per heavy atom. The maximum atomic E-state index is 11.2. The van der Waals surface area contributed by atoms with Crippen molar-refractivity contribution < 1.29 is 9.53 Å². The lowest BCUT2D eigenvalue weighted by Crippen LogP contribution is -2.23. The van der Waals surface area contributed by atoms with E-state index in [1.165, 1.54) is 7.11 Å². The first kappa shape index (κ1) is 10.3. The molecular formula is C10H13ClO2. The highest BCUT2D eigenvalue weighted by molar-refractivity contribution is 6.30. The molecule has 13 heavy (non-hydrogen) atoms. The van der Waals surface area contributed by atoms with Crippen molar-refractivity contribution in [1.29, 1.82) is 0 Å². The topological polar surface area (TPSA) is 26.3 Å². The van der Waals surface area contributed by atoms with Gasteiger partial charge in [0.1, 0.15) is 0 Å². The van der Waals surface area contributed by atoms with Crippen molar-refractivity contribution in [3.8, 4) is 0 Å². The predicted molar refractivity (Wildman–Crippen MR) is 52.4 cm³/mol. The Kier molecular flexibility index (Phi) is 3.55. The SMILES string of the molecule is COC(=O)C(C)C1CC=CC=C1Cl. The summed E-state index contributed by atoms with van der Waals surface area (Å²) < 4.78 is 4.66. The fourth-order valence-electron chi connectivity index (χ4n) is 1.41. The van der Waals surface area contributed by atoms with Crippen LogP contribution in [-0.2, 0) is 9.53 Å². The number of carbonyl (C=O) groups excluding carboxylic acids is 1. The van der Waals surface area contributed by atoms with Crippen molar-refractivity contribution in [2.24, 2.45) is 11.8 Å². The number of methoxy groups -OCH3 is 1. The van der Waals surface area contributed by atoms with Crippen LogP contribution in [0.3, 0.4) is 0 Å². The lowest BCUT2D eigenvalue weighted by atomic mass is 9.88. The number of halogens is 1. The molecule has 0 aromatic rings. The molecule has 0 aromatic heterocycles. The predicted octanol–water partition coefficient (Wildman–Crippen LogP) is 2.49. The van der Waals surface area contributed by atoms with Crippen LogP contribution in [-0.4, -0.2) is 13.1 Å². The number of hydrogen-bond acceptors (Lipinski definition) is 2. The molecule has 0 bridgehead atoms. The summed E-state index contributed by atoms with van der Waals surface area (Å²) in [6, 6.07) is 0. The van der Waals surface area contributed by atoms with Crippen LogP contribution in [0.25, 0.3) is 0 Å². The summed E-state index contributed by atoms with van der Waals surface area (Å²) in [5.74, 6) is -0.287. The molecule has 0 aliphatic heterocycles. The second-order valence-corrected chi connectivity index (χ2v) is 3.57. The van der Waals surface area contributed by atoms with Gasteiger partial charge in [-0.1, -0.05) is 30.7 Å². The van der Waals surface area contributed by atoms with Gasteiger partial charge in [0.2, 0.25) is 0 Å². The second kappa shape index (κ2) is 4.47. The Morgan fingerprint density at radius 3 is 3.00 bits per heavy atom. The average molecular weight is 201 g/mol. The van der Waals surface area contributed by atoms with E-state index < -0.39 is 0 Å². The second-order valence-electron chi connectivity index (χ2n) is 3.13. The summed E-state index contributed by atoms with van der Waals surface area (Å²) in [5.41, 5.74) is 0. The van der Waals surface area contributed by atoms with E-state index >= 15 is 0 Å². The third kappa shape index (κ3) is 2.34. The molecule has 3 heteroatoms. The fourth-order valence-corrected chi connectivity index (χ4v) is 1.77. The van der Waals surface area contributed by atoms with E-state index in [0.29, 0.717) is 0 Å². The van der Waals surface area contributed by atoms with E-state index in [4.69, 9.17) is 11.6 Å². The van der Waals surface area contributed by atoms with Gasteiger partial charge < -0.3 is 4.74 Å².